The summed E-state index contributed by atoms with van der Waals surface area (Å²) in [5, 5.41) is 9.37. The Bertz CT molecular complexity index is 509. The van der Waals surface area contributed by atoms with Gasteiger partial charge in [0.2, 0.25) is 0 Å². The number of pyridine rings is 2. The van der Waals surface area contributed by atoms with Crippen molar-refractivity contribution < 1.29 is 9.90 Å². The maximum Gasteiger partial charge on any atom is 0.426 e. The van der Waals surface area contributed by atoms with Gasteiger partial charge in [0.25, 0.3) is 0 Å². The van der Waals surface area contributed by atoms with E-state index in [9.17, 15) is 4.79 Å². The molecule has 76 valence electrons. The first-order valence-corrected chi connectivity index (χ1v) is 4.17. The zero-order chi connectivity index (χ0) is 10.8. The second-order valence-electron chi connectivity index (χ2n) is 2.85. The molecular weight excluding hydrogens is 196 g/mol. The lowest BCUT2D eigenvalue weighted by molar-refractivity contribution is 0.202. The van der Waals surface area contributed by atoms with Crippen LogP contribution in [-0.4, -0.2) is 21.2 Å². The molecule has 2 aromatic rings. The summed E-state index contributed by atoms with van der Waals surface area (Å²) in [6.07, 6.45) is 1.80. The van der Waals surface area contributed by atoms with Gasteiger partial charge in [0, 0.05) is 12.4 Å². The van der Waals surface area contributed by atoms with E-state index < -0.39 is 6.09 Å². The molecule has 2 aromatic heterocycles. The average molecular weight is 204 g/mol. The largest absolute Gasteiger partial charge is 0.464 e. The van der Waals surface area contributed by atoms with Gasteiger partial charge in [-0.3, -0.25) is 9.97 Å². The molecule has 0 spiro atoms. The lowest BCUT2D eigenvalue weighted by Crippen LogP contribution is -2.36. The van der Waals surface area contributed by atoms with Gasteiger partial charge in [-0.1, -0.05) is 0 Å². The average Bonchev–Trinajstić information content (AvgIpc) is 2.27. The first kappa shape index (κ1) is 9.35. The van der Waals surface area contributed by atoms with Gasteiger partial charge >= 0.3 is 6.09 Å². The Morgan fingerprint density at radius 1 is 1.33 bits per heavy atom. The van der Waals surface area contributed by atoms with E-state index in [0.717, 1.165) is 0 Å². The van der Waals surface area contributed by atoms with Crippen LogP contribution >= 0.6 is 0 Å². The number of hydrogen-bond acceptors (Lipinski definition) is 4. The maximum atomic E-state index is 10.7. The minimum Gasteiger partial charge on any atom is -0.464 e. The Morgan fingerprint density at radius 3 is 2.87 bits per heavy atom. The zero-order valence-corrected chi connectivity index (χ0v) is 7.66. The van der Waals surface area contributed by atoms with Gasteiger partial charge in [0.05, 0.1) is 11.2 Å². The lowest BCUT2D eigenvalue weighted by Gasteiger charge is -2.13. The quantitative estimate of drug-likeness (QED) is 0.410. The van der Waals surface area contributed by atoms with Crippen LogP contribution in [0.4, 0.5) is 10.5 Å². The molecule has 0 radical (unpaired) electrons. The molecular formula is C9H8N4O2. The highest BCUT2D eigenvalue weighted by Crippen LogP contribution is 2.20. The fourth-order valence-electron chi connectivity index (χ4n) is 1.26. The summed E-state index contributed by atoms with van der Waals surface area (Å²) in [6.45, 7) is 0. The van der Waals surface area contributed by atoms with Crippen LogP contribution in [0.2, 0.25) is 0 Å². The van der Waals surface area contributed by atoms with E-state index in [-0.39, 0.29) is 0 Å². The molecule has 0 saturated heterocycles. The highest BCUT2D eigenvalue weighted by Gasteiger charge is 2.13. The van der Waals surface area contributed by atoms with Crippen molar-refractivity contribution in [2.24, 2.45) is 5.84 Å². The monoisotopic (exact) mass is 204 g/mol. The molecule has 3 N–H and O–H groups in total. The van der Waals surface area contributed by atoms with Crippen molar-refractivity contribution in [3.8, 4) is 0 Å². The predicted molar refractivity (Wildman–Crippen MR) is 54.2 cm³/mol. The zero-order valence-electron chi connectivity index (χ0n) is 7.66. The van der Waals surface area contributed by atoms with Crippen LogP contribution < -0.4 is 10.9 Å². The molecule has 0 aromatic carbocycles. The van der Waals surface area contributed by atoms with Crippen LogP contribution in [0.25, 0.3) is 11.0 Å². The molecule has 2 rings (SSSR count). The molecule has 0 bridgehead atoms. The number of fused-ring (bicyclic) bond motifs is 1. The maximum absolute atomic E-state index is 10.7. The highest BCUT2D eigenvalue weighted by molar-refractivity contribution is 5.96. The van der Waals surface area contributed by atoms with Crippen LogP contribution in [0.3, 0.4) is 0 Å². The molecule has 0 aliphatic carbocycles. The number of carbonyl (C=O) groups is 1. The third-order valence-corrected chi connectivity index (χ3v) is 1.94. The highest BCUT2D eigenvalue weighted by atomic mass is 16.4. The van der Waals surface area contributed by atoms with Crippen LogP contribution in [0.15, 0.2) is 30.6 Å². The molecule has 6 heteroatoms. The fourth-order valence-corrected chi connectivity index (χ4v) is 1.26. The smallest absolute Gasteiger partial charge is 0.426 e. The summed E-state index contributed by atoms with van der Waals surface area (Å²) in [5.41, 5.74) is 1.38. The summed E-state index contributed by atoms with van der Waals surface area (Å²) in [5.74, 6) is 5.37. The van der Waals surface area contributed by atoms with E-state index in [0.29, 0.717) is 21.7 Å². The second-order valence-corrected chi connectivity index (χ2v) is 2.85. The molecule has 0 atom stereocenters. The minimum atomic E-state index is -1.24. The fraction of sp³-hybridized carbons (Fsp3) is 0. The van der Waals surface area contributed by atoms with Crippen molar-refractivity contribution in [3.63, 3.8) is 0 Å². The number of hydrogen-bond donors (Lipinski definition) is 2. The van der Waals surface area contributed by atoms with Crippen molar-refractivity contribution in [1.29, 1.82) is 0 Å². The standard InChI is InChI=1S/C9H8N4O2/c10-13(9(14)15)7-3-5-11-6-2-1-4-12-8(6)7/h1-5H,10H2,(H,14,15). The van der Waals surface area contributed by atoms with Crippen LogP contribution in [-0.2, 0) is 0 Å². The van der Waals surface area contributed by atoms with Crippen LogP contribution in [0.5, 0.6) is 0 Å². The molecule has 0 aliphatic heterocycles. The van der Waals surface area contributed by atoms with E-state index in [2.05, 4.69) is 9.97 Å². The van der Waals surface area contributed by atoms with Crippen molar-refractivity contribution in [3.05, 3.63) is 30.6 Å². The first-order chi connectivity index (χ1) is 7.20. The summed E-state index contributed by atoms with van der Waals surface area (Å²) >= 11 is 0. The summed E-state index contributed by atoms with van der Waals surface area (Å²) < 4.78 is 0. The van der Waals surface area contributed by atoms with Crippen molar-refractivity contribution >= 4 is 22.8 Å². The minimum absolute atomic E-state index is 0.313. The predicted octanol–water partition coefficient (Wildman–Crippen LogP) is 0.988. The Balaban J connectivity index is 2.65. The molecule has 0 saturated carbocycles. The van der Waals surface area contributed by atoms with E-state index >= 15 is 0 Å². The summed E-state index contributed by atoms with van der Waals surface area (Å²) in [4.78, 5) is 18.8. The third kappa shape index (κ3) is 1.57. The number of nitrogens with two attached hydrogens (primary N) is 1. The van der Waals surface area contributed by atoms with Crippen molar-refractivity contribution in [1.82, 2.24) is 9.97 Å². The topological polar surface area (TPSA) is 92.3 Å². The van der Waals surface area contributed by atoms with Gasteiger partial charge in [0.1, 0.15) is 5.52 Å². The Kier molecular flexibility index (Phi) is 2.18. The number of rotatable bonds is 1. The molecule has 1 amide bonds. The van der Waals surface area contributed by atoms with Gasteiger partial charge in [-0.2, -0.15) is 0 Å². The molecule has 0 aliphatic rings. The molecule has 2 heterocycles. The normalized spacial score (nSPS) is 10.2. The van der Waals surface area contributed by atoms with Crippen molar-refractivity contribution in [2.75, 3.05) is 5.01 Å². The van der Waals surface area contributed by atoms with Gasteiger partial charge in [-0.25, -0.2) is 15.6 Å². The second kappa shape index (κ2) is 3.50. The summed E-state index contributed by atoms with van der Waals surface area (Å²) in [6, 6.07) is 4.96. The van der Waals surface area contributed by atoms with Gasteiger partial charge in [-0.15, -0.1) is 0 Å². The number of anilines is 1. The van der Waals surface area contributed by atoms with Crippen LogP contribution in [0.1, 0.15) is 0 Å². The summed E-state index contributed by atoms with van der Waals surface area (Å²) in [7, 11) is 0. The number of aromatic nitrogens is 2. The Labute approximate surface area is 84.9 Å². The molecule has 6 nitrogen and oxygen atoms in total. The number of hydrazine groups is 1. The Hall–Kier alpha value is -2.21. The van der Waals surface area contributed by atoms with Gasteiger partial charge in [0.15, 0.2) is 0 Å². The third-order valence-electron chi connectivity index (χ3n) is 1.94. The van der Waals surface area contributed by atoms with E-state index in [1.807, 2.05) is 0 Å². The van der Waals surface area contributed by atoms with Crippen LogP contribution in [0, 0.1) is 0 Å². The van der Waals surface area contributed by atoms with Crippen molar-refractivity contribution in [2.45, 2.75) is 0 Å². The molecule has 0 unspecified atom stereocenters. The van der Waals surface area contributed by atoms with E-state index in [1.54, 1.807) is 18.3 Å². The van der Waals surface area contributed by atoms with E-state index in [4.69, 9.17) is 10.9 Å². The lowest BCUT2D eigenvalue weighted by atomic mass is 10.3. The Morgan fingerprint density at radius 2 is 2.13 bits per heavy atom. The number of carboxylic acid groups (broad SMARTS) is 1. The van der Waals surface area contributed by atoms with E-state index in [1.165, 1.54) is 12.3 Å². The van der Waals surface area contributed by atoms with Gasteiger partial charge < -0.3 is 5.11 Å². The molecule has 15 heavy (non-hydrogen) atoms. The number of nitrogens with zero attached hydrogens (tertiary/aromatic N) is 3. The molecule has 0 fully saturated rings. The SMILES string of the molecule is NN(C(=O)O)c1ccnc2cccnc12. The first-order valence-electron chi connectivity index (χ1n) is 4.17. The number of amides is 1. The van der Waals surface area contributed by atoms with Gasteiger partial charge in [-0.05, 0) is 18.2 Å².